The van der Waals surface area contributed by atoms with E-state index in [1.54, 1.807) is 0 Å². The fraction of sp³-hybridized carbons (Fsp3) is 0.333. The van der Waals surface area contributed by atoms with Gasteiger partial charge in [0.2, 0.25) is 0 Å². The van der Waals surface area contributed by atoms with Gasteiger partial charge in [-0.05, 0) is 0 Å². The van der Waals surface area contributed by atoms with Crippen LogP contribution in [-0.4, -0.2) is 39.4 Å². The van der Waals surface area contributed by atoms with E-state index in [0.29, 0.717) is 15.0 Å². The molecule has 1 nitrogen and oxygen atoms in total. The molecule has 0 aliphatic heterocycles. The minimum atomic E-state index is 0.616. The number of rotatable bonds is 3. The van der Waals surface area contributed by atoms with Crippen molar-refractivity contribution in [3.05, 3.63) is 30.3 Å². The molecule has 0 radical (unpaired) electrons. The van der Waals surface area contributed by atoms with E-state index in [2.05, 4.69) is 49.3 Å². The van der Waals surface area contributed by atoms with Gasteiger partial charge >= 0.3 is 74.2 Å². The summed E-state index contributed by atoms with van der Waals surface area (Å²) in [6.07, 6.45) is 0. The van der Waals surface area contributed by atoms with E-state index in [4.69, 9.17) is 0 Å². The van der Waals surface area contributed by atoms with Crippen molar-refractivity contribution in [2.45, 2.75) is 0 Å². The molecular formula is C9H13NSe. The van der Waals surface area contributed by atoms with E-state index in [1.807, 2.05) is 0 Å². The topological polar surface area (TPSA) is 3.24 Å². The van der Waals surface area contributed by atoms with Crippen molar-refractivity contribution < 1.29 is 0 Å². The first-order chi connectivity index (χ1) is 5.29. The molecule has 1 aromatic carbocycles. The molecule has 0 aliphatic carbocycles. The maximum absolute atomic E-state index is 2.23. The average Bonchev–Trinajstić information content (AvgIpc) is 2.03. The molecule has 0 saturated carbocycles. The van der Waals surface area contributed by atoms with Crippen molar-refractivity contribution in [2.24, 2.45) is 0 Å². The first-order valence-corrected chi connectivity index (χ1v) is 5.68. The van der Waals surface area contributed by atoms with Crippen molar-refractivity contribution in [3.63, 3.8) is 0 Å². The molecule has 60 valence electrons. The van der Waals surface area contributed by atoms with Crippen molar-refractivity contribution in [1.82, 2.24) is 4.90 Å². The predicted octanol–water partition coefficient (Wildman–Crippen LogP) is 0.535. The third-order valence-corrected chi connectivity index (χ3v) is 3.86. The molecule has 0 N–H and O–H groups in total. The van der Waals surface area contributed by atoms with Crippen LogP contribution in [0.5, 0.6) is 0 Å². The maximum atomic E-state index is 2.23. The van der Waals surface area contributed by atoms with Gasteiger partial charge in [0.15, 0.2) is 0 Å². The average molecular weight is 214 g/mol. The first kappa shape index (κ1) is 8.79. The third kappa shape index (κ3) is 3.57. The van der Waals surface area contributed by atoms with Crippen molar-refractivity contribution >= 4 is 19.4 Å². The molecule has 11 heavy (non-hydrogen) atoms. The van der Waals surface area contributed by atoms with E-state index >= 15 is 0 Å². The molecule has 0 unspecified atom stereocenters. The molecule has 0 aliphatic rings. The van der Waals surface area contributed by atoms with Gasteiger partial charge in [0, 0.05) is 0 Å². The summed E-state index contributed by atoms with van der Waals surface area (Å²) < 4.78 is 1.48. The molecule has 1 aromatic rings. The van der Waals surface area contributed by atoms with Crippen LogP contribution >= 0.6 is 0 Å². The van der Waals surface area contributed by atoms with Crippen molar-refractivity contribution in [3.8, 4) is 0 Å². The molecule has 0 amide bonds. The van der Waals surface area contributed by atoms with E-state index in [9.17, 15) is 0 Å². The second-order valence-corrected chi connectivity index (χ2v) is 4.80. The van der Waals surface area contributed by atoms with E-state index in [-0.39, 0.29) is 0 Å². The van der Waals surface area contributed by atoms with Gasteiger partial charge in [0.25, 0.3) is 0 Å². The summed E-state index contributed by atoms with van der Waals surface area (Å²) in [5.41, 5.74) is 1.19. The van der Waals surface area contributed by atoms with Crippen LogP contribution in [0.4, 0.5) is 0 Å². The molecule has 0 heterocycles. The molecular weight excluding hydrogens is 201 g/mol. The second kappa shape index (κ2) is 4.55. The zero-order valence-electron chi connectivity index (χ0n) is 6.95. The van der Waals surface area contributed by atoms with Crippen molar-refractivity contribution in [1.29, 1.82) is 0 Å². The van der Waals surface area contributed by atoms with Gasteiger partial charge < -0.3 is 0 Å². The Morgan fingerprint density at radius 2 is 1.82 bits per heavy atom. The standard InChI is InChI=1S/C9H13NSe/c1-10(2)8-11-9-6-4-3-5-7-9/h3-7H,8H2,1-2H3. The van der Waals surface area contributed by atoms with Gasteiger partial charge in [-0.15, -0.1) is 0 Å². The van der Waals surface area contributed by atoms with Crippen LogP contribution in [0.2, 0.25) is 0 Å². The molecule has 0 spiro atoms. The Kier molecular flexibility index (Phi) is 3.64. The van der Waals surface area contributed by atoms with Gasteiger partial charge in [-0.3, -0.25) is 0 Å². The third-order valence-electron chi connectivity index (χ3n) is 1.23. The summed E-state index contributed by atoms with van der Waals surface area (Å²) in [7, 11) is 4.23. The zero-order valence-corrected chi connectivity index (χ0v) is 8.66. The first-order valence-electron chi connectivity index (χ1n) is 3.61. The van der Waals surface area contributed by atoms with Crippen LogP contribution < -0.4 is 4.46 Å². The zero-order chi connectivity index (χ0) is 8.10. The molecule has 0 saturated heterocycles. The molecule has 0 fully saturated rings. The van der Waals surface area contributed by atoms with E-state index < -0.39 is 0 Å². The van der Waals surface area contributed by atoms with Crippen LogP contribution in [0.3, 0.4) is 0 Å². The fourth-order valence-corrected chi connectivity index (χ4v) is 2.31. The molecule has 0 atom stereocenters. The normalized spacial score (nSPS) is 10.5. The Hall–Kier alpha value is -0.301. The summed E-state index contributed by atoms with van der Waals surface area (Å²) in [4.78, 5) is 2.23. The van der Waals surface area contributed by atoms with E-state index in [0.717, 1.165) is 0 Å². The molecule has 1 rings (SSSR count). The van der Waals surface area contributed by atoms with Crippen molar-refractivity contribution in [2.75, 3.05) is 19.5 Å². The Bertz CT molecular complexity index is 196. The van der Waals surface area contributed by atoms with Crippen LogP contribution in [0.1, 0.15) is 0 Å². The number of hydrogen-bond acceptors (Lipinski definition) is 1. The van der Waals surface area contributed by atoms with Crippen LogP contribution in [0.25, 0.3) is 0 Å². The molecule has 0 aromatic heterocycles. The van der Waals surface area contributed by atoms with Gasteiger partial charge in [0.1, 0.15) is 0 Å². The van der Waals surface area contributed by atoms with Crippen LogP contribution in [-0.2, 0) is 0 Å². The van der Waals surface area contributed by atoms with Gasteiger partial charge in [-0.25, -0.2) is 0 Å². The Labute approximate surface area is 74.6 Å². The Balaban J connectivity index is 2.39. The van der Waals surface area contributed by atoms with Gasteiger partial charge in [-0.2, -0.15) is 0 Å². The second-order valence-electron chi connectivity index (χ2n) is 2.67. The SMILES string of the molecule is CN(C)C[Se]c1ccccc1. The molecule has 0 bridgehead atoms. The Morgan fingerprint density at radius 3 is 2.36 bits per heavy atom. The summed E-state index contributed by atoms with van der Waals surface area (Å²) >= 11 is 0.616. The summed E-state index contributed by atoms with van der Waals surface area (Å²) in [6.45, 7) is 0. The monoisotopic (exact) mass is 215 g/mol. The molecule has 2 heteroatoms. The number of hydrogen-bond donors (Lipinski definition) is 0. The van der Waals surface area contributed by atoms with Crippen LogP contribution in [0, 0.1) is 0 Å². The predicted molar refractivity (Wildman–Crippen MR) is 50.4 cm³/mol. The summed E-state index contributed by atoms with van der Waals surface area (Å²) in [6, 6.07) is 10.7. The minimum absolute atomic E-state index is 0.616. The summed E-state index contributed by atoms with van der Waals surface area (Å²) in [5.74, 6) is 0. The van der Waals surface area contributed by atoms with Gasteiger partial charge in [-0.1, -0.05) is 0 Å². The summed E-state index contributed by atoms with van der Waals surface area (Å²) in [5, 5.41) is 0. The van der Waals surface area contributed by atoms with E-state index in [1.165, 1.54) is 9.91 Å². The number of nitrogens with zero attached hydrogens (tertiary/aromatic N) is 1. The van der Waals surface area contributed by atoms with Crippen LogP contribution in [0.15, 0.2) is 30.3 Å². The quantitative estimate of drug-likeness (QED) is 0.664. The fourth-order valence-electron chi connectivity index (χ4n) is 0.720. The van der Waals surface area contributed by atoms with Gasteiger partial charge in [0.05, 0.1) is 0 Å². The number of benzene rings is 1. The Morgan fingerprint density at radius 1 is 1.18 bits per heavy atom.